The lowest BCUT2D eigenvalue weighted by Gasteiger charge is -2.00. The summed E-state index contributed by atoms with van der Waals surface area (Å²) in [4.78, 5) is 33.0. The highest BCUT2D eigenvalue weighted by Crippen LogP contribution is 2.24. The number of carbonyl (C=O) groups excluding carboxylic acids is 2. The molecule has 3 rings (SSSR count). The number of rotatable bonds is 8. The van der Waals surface area contributed by atoms with Crippen LogP contribution < -0.4 is 5.32 Å². The number of anilines is 1. The molecular formula is C19H19N3O4S2. The molecule has 0 fully saturated rings. The Hall–Kier alpha value is -2.65. The zero-order chi connectivity index (χ0) is 19.9. The summed E-state index contributed by atoms with van der Waals surface area (Å²) < 4.78 is 10.5. The number of oxazole rings is 1. The Bertz CT molecular complexity index is 953. The van der Waals surface area contributed by atoms with E-state index in [0.29, 0.717) is 34.0 Å². The van der Waals surface area contributed by atoms with Crippen molar-refractivity contribution < 1.29 is 18.7 Å². The van der Waals surface area contributed by atoms with Crippen molar-refractivity contribution in [1.82, 2.24) is 9.97 Å². The van der Waals surface area contributed by atoms with E-state index in [1.165, 1.54) is 11.8 Å². The molecule has 0 saturated heterocycles. The lowest BCUT2D eigenvalue weighted by Crippen LogP contribution is -2.14. The van der Waals surface area contributed by atoms with Gasteiger partial charge in [0, 0.05) is 11.3 Å². The molecule has 3 aromatic rings. The Morgan fingerprint density at radius 2 is 2.04 bits per heavy atom. The third kappa shape index (κ3) is 5.20. The van der Waals surface area contributed by atoms with Gasteiger partial charge in [0.15, 0.2) is 5.13 Å². The van der Waals surface area contributed by atoms with E-state index < -0.39 is 5.97 Å². The zero-order valence-corrected chi connectivity index (χ0v) is 17.1. The summed E-state index contributed by atoms with van der Waals surface area (Å²) in [5, 5.41) is 3.10. The minimum Gasteiger partial charge on any atom is -0.462 e. The maximum atomic E-state index is 12.1. The fourth-order valence-electron chi connectivity index (χ4n) is 2.33. The molecule has 0 atom stereocenters. The van der Waals surface area contributed by atoms with Crippen LogP contribution in [0.4, 0.5) is 5.13 Å². The minimum atomic E-state index is -0.423. The van der Waals surface area contributed by atoms with E-state index in [-0.39, 0.29) is 11.7 Å². The molecule has 0 aliphatic heterocycles. The van der Waals surface area contributed by atoms with Gasteiger partial charge in [-0.25, -0.2) is 14.8 Å². The summed E-state index contributed by atoms with van der Waals surface area (Å²) in [5.74, 6) is 0.731. The normalized spacial score (nSPS) is 10.6. The molecule has 0 aliphatic carbocycles. The van der Waals surface area contributed by atoms with Gasteiger partial charge >= 0.3 is 5.97 Å². The van der Waals surface area contributed by atoms with Crippen molar-refractivity contribution in [2.75, 3.05) is 17.7 Å². The van der Waals surface area contributed by atoms with Crippen molar-refractivity contribution in [3.05, 3.63) is 52.9 Å². The summed E-state index contributed by atoms with van der Waals surface area (Å²) in [6, 6.07) is 9.63. The Kier molecular flexibility index (Phi) is 6.83. The van der Waals surface area contributed by atoms with Gasteiger partial charge in [-0.05, 0) is 26.0 Å². The quantitative estimate of drug-likeness (QED) is 0.550. The highest BCUT2D eigenvalue weighted by Gasteiger charge is 2.17. The molecule has 0 aliphatic rings. The molecular weight excluding hydrogens is 398 g/mol. The van der Waals surface area contributed by atoms with E-state index in [9.17, 15) is 9.59 Å². The van der Waals surface area contributed by atoms with Crippen LogP contribution in [-0.4, -0.2) is 34.2 Å². The summed E-state index contributed by atoms with van der Waals surface area (Å²) in [5.41, 5.74) is 2.22. The van der Waals surface area contributed by atoms with Gasteiger partial charge in [-0.15, -0.1) is 11.8 Å². The van der Waals surface area contributed by atoms with Gasteiger partial charge < -0.3 is 14.5 Å². The van der Waals surface area contributed by atoms with Gasteiger partial charge in [-0.2, -0.15) is 0 Å². The average Bonchev–Trinajstić information content (AvgIpc) is 3.29. The van der Waals surface area contributed by atoms with Gasteiger partial charge in [0.1, 0.15) is 11.1 Å². The van der Waals surface area contributed by atoms with Crippen LogP contribution in [0.1, 0.15) is 28.0 Å². The van der Waals surface area contributed by atoms with Gasteiger partial charge in [0.2, 0.25) is 11.8 Å². The highest BCUT2D eigenvalue weighted by molar-refractivity contribution is 7.99. The number of nitrogens with one attached hydrogen (secondary N) is 1. The van der Waals surface area contributed by atoms with Crippen molar-refractivity contribution in [2.24, 2.45) is 0 Å². The Morgan fingerprint density at radius 3 is 2.79 bits per heavy atom. The molecule has 0 radical (unpaired) electrons. The summed E-state index contributed by atoms with van der Waals surface area (Å²) in [7, 11) is 0. The van der Waals surface area contributed by atoms with E-state index in [1.54, 1.807) is 20.1 Å². The standard InChI is InChI=1S/C19H19N3O4S2/c1-3-25-18(24)16-12(2)20-19(28-16)22-15(23)11-27-10-14-9-26-17(21-14)13-7-5-4-6-8-13/h4-9H,3,10-11H2,1-2H3,(H,20,22,23). The molecule has 2 heterocycles. The number of hydrogen-bond acceptors (Lipinski definition) is 8. The molecule has 28 heavy (non-hydrogen) atoms. The molecule has 1 aromatic carbocycles. The van der Waals surface area contributed by atoms with Gasteiger partial charge in [0.05, 0.1) is 23.7 Å². The van der Waals surface area contributed by atoms with Gasteiger partial charge in [0.25, 0.3) is 0 Å². The molecule has 0 spiro atoms. The van der Waals surface area contributed by atoms with Crippen molar-refractivity contribution in [3.63, 3.8) is 0 Å². The SMILES string of the molecule is CCOC(=O)c1sc(NC(=O)CSCc2coc(-c3ccccc3)n2)nc1C. The monoisotopic (exact) mass is 417 g/mol. The molecule has 0 saturated carbocycles. The van der Waals surface area contributed by atoms with Crippen molar-refractivity contribution in [1.29, 1.82) is 0 Å². The highest BCUT2D eigenvalue weighted by atomic mass is 32.2. The second kappa shape index (κ2) is 9.52. The first-order valence-electron chi connectivity index (χ1n) is 8.58. The number of nitrogens with zero attached hydrogens (tertiary/aromatic N) is 2. The number of hydrogen-bond donors (Lipinski definition) is 1. The lowest BCUT2D eigenvalue weighted by atomic mass is 10.2. The molecule has 1 N–H and O–H groups in total. The van der Waals surface area contributed by atoms with Crippen molar-refractivity contribution in [2.45, 2.75) is 19.6 Å². The van der Waals surface area contributed by atoms with Crippen LogP contribution in [0.3, 0.4) is 0 Å². The zero-order valence-electron chi connectivity index (χ0n) is 15.4. The summed E-state index contributed by atoms with van der Waals surface area (Å²) in [6.07, 6.45) is 1.60. The van der Waals surface area contributed by atoms with E-state index in [2.05, 4.69) is 15.3 Å². The summed E-state index contributed by atoms with van der Waals surface area (Å²) >= 11 is 2.53. The number of aryl methyl sites for hydroxylation is 1. The van der Waals surface area contributed by atoms with Crippen LogP contribution in [0, 0.1) is 6.92 Å². The minimum absolute atomic E-state index is 0.194. The molecule has 0 bridgehead atoms. The average molecular weight is 418 g/mol. The first kappa shape index (κ1) is 20.1. The first-order chi connectivity index (χ1) is 13.6. The van der Waals surface area contributed by atoms with Crippen LogP contribution in [0.2, 0.25) is 0 Å². The number of ether oxygens (including phenoxy) is 1. The molecule has 1 amide bonds. The number of aromatic nitrogens is 2. The van der Waals surface area contributed by atoms with Crippen LogP contribution in [0.15, 0.2) is 41.0 Å². The first-order valence-corrected chi connectivity index (χ1v) is 10.6. The second-order valence-electron chi connectivity index (χ2n) is 5.71. The Balaban J connectivity index is 1.48. The number of thioether (sulfide) groups is 1. The number of esters is 1. The third-order valence-corrected chi connectivity index (χ3v) is 5.58. The maximum Gasteiger partial charge on any atom is 0.350 e. The van der Waals surface area contributed by atoms with Crippen LogP contribution >= 0.6 is 23.1 Å². The lowest BCUT2D eigenvalue weighted by molar-refractivity contribution is -0.113. The van der Waals surface area contributed by atoms with Crippen LogP contribution in [-0.2, 0) is 15.3 Å². The number of benzene rings is 1. The molecule has 146 valence electrons. The van der Waals surface area contributed by atoms with E-state index >= 15 is 0 Å². The molecule has 0 unspecified atom stereocenters. The molecule has 9 heteroatoms. The topological polar surface area (TPSA) is 94.3 Å². The van der Waals surface area contributed by atoms with E-state index in [1.807, 2.05) is 30.3 Å². The number of thiazole rings is 1. The number of amides is 1. The maximum absolute atomic E-state index is 12.1. The second-order valence-corrected chi connectivity index (χ2v) is 7.69. The van der Waals surface area contributed by atoms with Crippen LogP contribution in [0.25, 0.3) is 11.5 Å². The third-order valence-electron chi connectivity index (χ3n) is 3.56. The van der Waals surface area contributed by atoms with Crippen molar-refractivity contribution >= 4 is 40.1 Å². The largest absolute Gasteiger partial charge is 0.462 e. The van der Waals surface area contributed by atoms with Gasteiger partial charge in [-0.1, -0.05) is 29.5 Å². The molecule has 2 aromatic heterocycles. The Labute approximate surface area is 170 Å². The molecule has 7 nitrogen and oxygen atoms in total. The van der Waals surface area contributed by atoms with E-state index in [4.69, 9.17) is 9.15 Å². The smallest absolute Gasteiger partial charge is 0.350 e. The fourth-order valence-corrected chi connectivity index (χ4v) is 3.90. The van der Waals surface area contributed by atoms with Gasteiger partial charge in [-0.3, -0.25) is 4.79 Å². The number of carbonyl (C=O) groups is 2. The van der Waals surface area contributed by atoms with Crippen LogP contribution in [0.5, 0.6) is 0 Å². The van der Waals surface area contributed by atoms with E-state index in [0.717, 1.165) is 22.6 Å². The van der Waals surface area contributed by atoms with Crippen molar-refractivity contribution in [3.8, 4) is 11.5 Å². The predicted octanol–water partition coefficient (Wildman–Crippen LogP) is 4.16. The fraction of sp³-hybridized carbons (Fsp3) is 0.263. The predicted molar refractivity (Wildman–Crippen MR) is 110 cm³/mol. The Morgan fingerprint density at radius 1 is 1.25 bits per heavy atom. The summed E-state index contributed by atoms with van der Waals surface area (Å²) in [6.45, 7) is 3.75.